The predicted molar refractivity (Wildman–Crippen MR) is 79.3 cm³/mol. The first kappa shape index (κ1) is 39.3. The number of aliphatic hydroxyl groups is 7. The number of rotatable bonds is 8. The molecule has 0 aliphatic carbocycles. The second-order valence-electron chi connectivity index (χ2n) is 3.60. The second-order valence-corrected chi connectivity index (χ2v) is 3.60. The van der Waals surface area contributed by atoms with Gasteiger partial charge in [-0.25, -0.2) is 4.79 Å². The molecule has 0 fully saturated rings. The Labute approximate surface area is 179 Å². The Morgan fingerprint density at radius 2 is 1.30 bits per heavy atom. The molecule has 0 amide bonds. The number of aliphatic hydroxyl groups excluding tert-OH is 7. The van der Waals surface area contributed by atoms with Crippen LogP contribution in [0.3, 0.4) is 0 Å². The van der Waals surface area contributed by atoms with E-state index in [9.17, 15) is 20.1 Å². The van der Waals surface area contributed by atoms with E-state index in [-0.39, 0.29) is 78.3 Å². The van der Waals surface area contributed by atoms with Crippen LogP contribution >= 0.6 is 12.4 Å². The zero-order valence-electron chi connectivity index (χ0n) is 13.6. The van der Waals surface area contributed by atoms with Crippen LogP contribution in [-0.2, 0) is 9.53 Å². The number of carbonyl (C=O) groups excluding carboxylic acids is 1. The first-order chi connectivity index (χ1) is 8.38. The summed E-state index contributed by atoms with van der Waals surface area (Å²) < 4.78 is 4.39. The molecule has 4 atom stereocenters. The van der Waals surface area contributed by atoms with Crippen molar-refractivity contribution >= 4 is 42.3 Å². The number of hydrogen-bond acceptors (Lipinski definition) is 9. The molecule has 0 aliphatic rings. The fourth-order valence-corrected chi connectivity index (χ4v) is 1.03. The van der Waals surface area contributed by atoms with Gasteiger partial charge in [-0.3, -0.25) is 0 Å². The summed E-state index contributed by atoms with van der Waals surface area (Å²) in [5.41, 5.74) is 0. The number of hydrogen-bond donors (Lipinski definition) is 7. The Bertz CT molecular complexity index is 268. The van der Waals surface area contributed by atoms with Crippen LogP contribution in [0.15, 0.2) is 0 Å². The minimum absolute atomic E-state index is 0. The minimum atomic E-state index is -2.19. The monoisotopic (exact) mass is 488 g/mol. The summed E-state index contributed by atoms with van der Waals surface area (Å²) >= 11 is 0. The van der Waals surface area contributed by atoms with E-state index in [4.69, 9.17) is 20.4 Å². The van der Waals surface area contributed by atoms with E-state index in [1.165, 1.54) is 0 Å². The number of halogens is 1. The molecule has 0 bridgehead atoms. The molecule has 0 unspecified atom stereocenters. The summed E-state index contributed by atoms with van der Waals surface area (Å²) in [5.74, 6) is -1.39. The molecule has 0 aliphatic heterocycles. The standard InChI is InChI=1S/C9H18O9.ClH.Na.2H2O.Sn.3H/c10-1-4(2-11)18-9(17)8(16)7(15)6(14)5(13)3-12;;;;;;;;/h4-8,10-16H,1-3H2;1H;;2*1H2;;;;/q;;+1;;;;;;-1/t5-,6-,7+,8-;;;;;;;;/m1......../s1. The molecular formula is C9H26ClNaO11Sn. The molecule has 0 aromatic rings. The van der Waals surface area contributed by atoms with Crippen molar-refractivity contribution in [1.29, 1.82) is 0 Å². The molecule has 140 valence electrons. The number of ether oxygens (including phenoxy) is 1. The van der Waals surface area contributed by atoms with Gasteiger partial charge in [0.2, 0.25) is 0 Å². The average molecular weight is 487 g/mol. The van der Waals surface area contributed by atoms with Gasteiger partial charge >= 0.3 is 59.4 Å². The molecule has 2 radical (unpaired) electrons. The van der Waals surface area contributed by atoms with Crippen LogP contribution in [0.25, 0.3) is 0 Å². The third-order valence-corrected chi connectivity index (χ3v) is 2.19. The second kappa shape index (κ2) is 21.2. The Morgan fingerprint density at radius 3 is 1.61 bits per heavy atom. The van der Waals surface area contributed by atoms with Crippen LogP contribution in [0, 0.1) is 0 Å². The van der Waals surface area contributed by atoms with Crippen molar-refractivity contribution in [2.75, 3.05) is 19.8 Å². The third-order valence-electron chi connectivity index (χ3n) is 2.19. The van der Waals surface area contributed by atoms with Gasteiger partial charge in [-0.2, -0.15) is 0 Å². The van der Waals surface area contributed by atoms with Gasteiger partial charge in [-0.1, -0.05) is 0 Å². The summed E-state index contributed by atoms with van der Waals surface area (Å²) in [5, 5.41) is 62.6. The van der Waals surface area contributed by atoms with Crippen LogP contribution in [0.5, 0.6) is 0 Å². The van der Waals surface area contributed by atoms with E-state index in [2.05, 4.69) is 4.74 Å². The van der Waals surface area contributed by atoms with E-state index in [0.29, 0.717) is 0 Å². The maximum atomic E-state index is 11.2. The molecule has 0 aromatic carbocycles. The third kappa shape index (κ3) is 14.1. The Kier molecular flexibility index (Phi) is 36.3. The normalized spacial score (nSPS) is 14.3. The van der Waals surface area contributed by atoms with Crippen LogP contribution in [0.1, 0.15) is 1.43 Å². The predicted octanol–water partition coefficient (Wildman–Crippen LogP) is -9.71. The summed E-state index contributed by atoms with van der Waals surface area (Å²) in [6.07, 6.45) is -9.24. The van der Waals surface area contributed by atoms with Crippen LogP contribution in [0.2, 0.25) is 0 Å². The molecule has 11 N–H and O–H groups in total. The van der Waals surface area contributed by atoms with E-state index in [1.54, 1.807) is 0 Å². The fourth-order valence-electron chi connectivity index (χ4n) is 1.03. The summed E-state index contributed by atoms with van der Waals surface area (Å²) in [7, 11) is 0. The van der Waals surface area contributed by atoms with E-state index in [0.717, 1.165) is 0 Å². The molecule has 0 rings (SSSR count). The van der Waals surface area contributed by atoms with E-state index >= 15 is 0 Å². The molecule has 0 spiro atoms. The van der Waals surface area contributed by atoms with Crippen LogP contribution < -0.4 is 29.6 Å². The fraction of sp³-hybridized carbons (Fsp3) is 0.889. The molecule has 0 saturated heterocycles. The molecular weight excluding hydrogens is 461 g/mol. The summed E-state index contributed by atoms with van der Waals surface area (Å²) in [6, 6.07) is 0. The van der Waals surface area contributed by atoms with Crippen molar-refractivity contribution in [3.8, 4) is 0 Å². The number of carbonyl (C=O) groups is 1. The van der Waals surface area contributed by atoms with Crippen LogP contribution in [-0.4, -0.2) is 127 Å². The van der Waals surface area contributed by atoms with Gasteiger partial charge in [0.15, 0.2) is 6.10 Å². The Balaban J connectivity index is -0.0000000963. The molecule has 0 aromatic heterocycles. The van der Waals surface area contributed by atoms with Gasteiger partial charge in [-0.15, -0.1) is 12.4 Å². The van der Waals surface area contributed by atoms with Gasteiger partial charge in [0.25, 0.3) is 0 Å². The molecule has 23 heavy (non-hydrogen) atoms. The molecule has 14 heteroatoms. The van der Waals surface area contributed by atoms with Gasteiger partial charge in [0.1, 0.15) is 24.4 Å². The van der Waals surface area contributed by atoms with Crippen molar-refractivity contribution < 1.29 is 87.2 Å². The van der Waals surface area contributed by atoms with Gasteiger partial charge in [-0.05, 0) is 0 Å². The maximum absolute atomic E-state index is 11.2. The van der Waals surface area contributed by atoms with Gasteiger partial charge in [0, 0.05) is 0 Å². The first-order valence-corrected chi connectivity index (χ1v) is 5.14. The van der Waals surface area contributed by atoms with Crippen LogP contribution in [0.4, 0.5) is 0 Å². The summed E-state index contributed by atoms with van der Waals surface area (Å²) in [4.78, 5) is 11.2. The first-order valence-electron chi connectivity index (χ1n) is 5.14. The van der Waals surface area contributed by atoms with Crippen molar-refractivity contribution in [3.05, 3.63) is 0 Å². The molecule has 11 nitrogen and oxygen atoms in total. The van der Waals surface area contributed by atoms with Crippen molar-refractivity contribution in [2.45, 2.75) is 30.5 Å². The van der Waals surface area contributed by atoms with E-state index in [1.807, 2.05) is 0 Å². The molecule has 0 saturated carbocycles. The Morgan fingerprint density at radius 1 is 0.913 bits per heavy atom. The zero-order chi connectivity index (χ0) is 14.3. The quantitative estimate of drug-likeness (QED) is 0.127. The SMILES string of the molecule is Cl.O.O.O=C(OC(CO)CO)[C@H](O)[C@@H](O)[C@H](O)[C@H](O)CO.[H-].[Na+].[SnH2]. The topological polar surface area (TPSA) is 231 Å². The number of esters is 1. The van der Waals surface area contributed by atoms with Gasteiger partial charge < -0.3 is 52.9 Å². The van der Waals surface area contributed by atoms with Crippen molar-refractivity contribution in [3.63, 3.8) is 0 Å². The molecule has 0 heterocycles. The van der Waals surface area contributed by atoms with Gasteiger partial charge in [0.05, 0.1) is 19.8 Å². The Hall–Kier alpha value is 1.20. The zero-order valence-corrected chi connectivity index (χ0v) is 19.4. The van der Waals surface area contributed by atoms with Crippen molar-refractivity contribution in [2.24, 2.45) is 0 Å². The van der Waals surface area contributed by atoms with Crippen molar-refractivity contribution in [1.82, 2.24) is 0 Å². The average Bonchev–Trinajstić information content (AvgIpc) is 2.40. The van der Waals surface area contributed by atoms with E-state index < -0.39 is 56.3 Å². The summed E-state index contributed by atoms with van der Waals surface area (Å²) in [6.45, 7) is -2.25.